The molecular formula is C35H64Cl3NO10Si. The zero-order valence-corrected chi connectivity index (χ0v) is 34.2. The number of hydrogen-bond acceptors (Lipinski definition) is 10. The summed E-state index contributed by atoms with van der Waals surface area (Å²) in [7, 11) is -1.54. The second-order valence-electron chi connectivity index (χ2n) is 14.5. The lowest BCUT2D eigenvalue weighted by molar-refractivity contribution is -0.272. The number of alkyl halides is 3. The summed E-state index contributed by atoms with van der Waals surface area (Å²) in [5, 5.41) is 23.7. The summed E-state index contributed by atoms with van der Waals surface area (Å²) in [5.41, 5.74) is 0. The van der Waals surface area contributed by atoms with Gasteiger partial charge in [0.05, 0.1) is 13.0 Å². The minimum Gasteiger partial charge on any atom is -0.462 e. The lowest BCUT2D eigenvalue weighted by Gasteiger charge is -2.43. The van der Waals surface area contributed by atoms with Gasteiger partial charge < -0.3 is 39.2 Å². The molecule has 0 spiro atoms. The molecule has 3 N–H and O–H groups in total. The second-order valence-corrected chi connectivity index (χ2v) is 22.6. The van der Waals surface area contributed by atoms with Crippen LogP contribution in [-0.4, -0.2) is 96.7 Å². The van der Waals surface area contributed by atoms with E-state index in [1.165, 1.54) is 32.1 Å². The van der Waals surface area contributed by atoms with E-state index in [1.807, 2.05) is 0 Å². The molecule has 1 rings (SSSR count). The summed E-state index contributed by atoms with van der Waals surface area (Å²) in [6.07, 6.45) is 7.16. The van der Waals surface area contributed by atoms with E-state index in [0.717, 1.165) is 51.0 Å². The molecule has 15 heteroatoms. The van der Waals surface area contributed by atoms with Crippen molar-refractivity contribution in [2.45, 2.75) is 183 Å². The maximum Gasteiger partial charge on any atom is 0.407 e. The first-order chi connectivity index (χ1) is 23.6. The number of carbonyl (C=O) groups excluding carboxylic acids is 3. The third-order valence-electron chi connectivity index (χ3n) is 8.46. The number of unbranched alkanes of at least 4 members (excludes halogenated alkanes) is 11. The molecule has 1 aliphatic heterocycles. The highest BCUT2D eigenvalue weighted by Gasteiger charge is 2.49. The van der Waals surface area contributed by atoms with Crippen LogP contribution in [0.1, 0.15) is 117 Å². The molecule has 0 aromatic rings. The molecule has 1 saturated heterocycles. The Bertz CT molecular complexity index is 953. The fraction of sp³-hybridized carbons (Fsp3) is 0.914. The number of amides is 1. The molecule has 294 valence electrons. The lowest BCUT2D eigenvalue weighted by atomic mass is 9.96. The number of rotatable bonds is 26. The smallest absolute Gasteiger partial charge is 0.407 e. The Morgan fingerprint density at radius 1 is 0.880 bits per heavy atom. The van der Waals surface area contributed by atoms with E-state index >= 15 is 0 Å². The van der Waals surface area contributed by atoms with Gasteiger partial charge in [0.1, 0.15) is 31.0 Å². The Labute approximate surface area is 316 Å². The van der Waals surface area contributed by atoms with Gasteiger partial charge in [-0.15, -0.1) is 0 Å². The van der Waals surface area contributed by atoms with Gasteiger partial charge in [-0.2, -0.15) is 0 Å². The van der Waals surface area contributed by atoms with Crippen LogP contribution in [0.15, 0.2) is 0 Å². The van der Waals surface area contributed by atoms with Crippen LogP contribution in [-0.2, 0) is 33.3 Å². The number of aliphatic hydroxyl groups excluding tert-OH is 2. The SMILES string of the molecule is CCCCCCCCCCC[C@H](CC(=O)O[C@H]1[C@H](O)[C@@H](CO)O[C@H](OCC[Si](C)(C)C)[C@H]1NC(=O)OCC(Cl)(Cl)Cl)OC(=O)CCCCCC. The third kappa shape index (κ3) is 22.3. The van der Waals surface area contributed by atoms with E-state index in [-0.39, 0.29) is 25.4 Å². The zero-order chi connectivity index (χ0) is 37.6. The summed E-state index contributed by atoms with van der Waals surface area (Å²) in [5.74, 6) is -1.12. The van der Waals surface area contributed by atoms with Gasteiger partial charge in [0, 0.05) is 21.1 Å². The summed E-state index contributed by atoms with van der Waals surface area (Å²) < 4.78 is 26.5. The number of carbonyl (C=O) groups is 3. The van der Waals surface area contributed by atoms with Crippen LogP contribution in [0.3, 0.4) is 0 Å². The van der Waals surface area contributed by atoms with Crippen LogP contribution in [0.5, 0.6) is 0 Å². The molecule has 0 unspecified atom stereocenters. The number of ether oxygens (including phenoxy) is 5. The highest BCUT2D eigenvalue weighted by molar-refractivity contribution is 6.76. The van der Waals surface area contributed by atoms with Gasteiger partial charge >= 0.3 is 18.0 Å². The number of alkyl carbamates (subject to hydrolysis) is 1. The Morgan fingerprint density at radius 2 is 1.46 bits per heavy atom. The molecule has 1 amide bonds. The number of hydrogen-bond donors (Lipinski definition) is 3. The molecule has 11 nitrogen and oxygen atoms in total. The average molecular weight is 793 g/mol. The van der Waals surface area contributed by atoms with Gasteiger partial charge in [-0.25, -0.2) is 4.79 Å². The minimum atomic E-state index is -1.88. The minimum absolute atomic E-state index is 0.253. The van der Waals surface area contributed by atoms with Crippen molar-refractivity contribution < 1.29 is 48.3 Å². The van der Waals surface area contributed by atoms with Crippen LogP contribution in [0.25, 0.3) is 0 Å². The lowest BCUT2D eigenvalue weighted by Crippen LogP contribution is -2.66. The third-order valence-corrected chi connectivity index (χ3v) is 10.5. The van der Waals surface area contributed by atoms with Crippen LogP contribution >= 0.6 is 34.8 Å². The molecule has 1 heterocycles. The van der Waals surface area contributed by atoms with E-state index in [2.05, 4.69) is 38.8 Å². The summed E-state index contributed by atoms with van der Waals surface area (Å²) in [6, 6.07) is -0.503. The fourth-order valence-corrected chi connectivity index (χ4v) is 6.42. The van der Waals surface area contributed by atoms with Gasteiger partial charge in [0.25, 0.3) is 0 Å². The van der Waals surface area contributed by atoms with Crippen LogP contribution < -0.4 is 5.32 Å². The topological polar surface area (TPSA) is 150 Å². The summed E-state index contributed by atoms with van der Waals surface area (Å²) in [6.45, 7) is 9.86. The van der Waals surface area contributed by atoms with E-state index in [4.69, 9.17) is 58.5 Å². The molecule has 1 fully saturated rings. The van der Waals surface area contributed by atoms with Crippen molar-refractivity contribution in [3.05, 3.63) is 0 Å². The van der Waals surface area contributed by atoms with Crippen molar-refractivity contribution in [3.63, 3.8) is 0 Å². The molecule has 0 bridgehead atoms. The quantitative estimate of drug-likeness (QED) is 0.0259. The molecule has 0 aliphatic carbocycles. The first-order valence-corrected chi connectivity index (χ1v) is 23.4. The van der Waals surface area contributed by atoms with Gasteiger partial charge in [0.15, 0.2) is 12.4 Å². The van der Waals surface area contributed by atoms with Crippen LogP contribution in [0, 0.1) is 0 Å². The molecule has 1 aliphatic rings. The Kier molecular flexibility index (Phi) is 24.5. The molecule has 0 aromatic carbocycles. The van der Waals surface area contributed by atoms with Crippen molar-refractivity contribution in [3.8, 4) is 0 Å². The molecular weight excluding hydrogens is 729 g/mol. The van der Waals surface area contributed by atoms with Crippen LogP contribution in [0.4, 0.5) is 4.79 Å². The van der Waals surface area contributed by atoms with Gasteiger partial charge in [0.2, 0.25) is 3.79 Å². The van der Waals surface area contributed by atoms with Gasteiger partial charge in [-0.3, -0.25) is 9.59 Å². The highest BCUT2D eigenvalue weighted by atomic mass is 35.6. The van der Waals surface area contributed by atoms with E-state index in [0.29, 0.717) is 12.8 Å². The molecule has 0 radical (unpaired) electrons. The molecule has 50 heavy (non-hydrogen) atoms. The number of halogens is 3. The van der Waals surface area contributed by atoms with Crippen molar-refractivity contribution in [2.24, 2.45) is 0 Å². The Morgan fingerprint density at radius 3 is 2.02 bits per heavy atom. The summed E-state index contributed by atoms with van der Waals surface area (Å²) >= 11 is 17.2. The standard InChI is InChI=1S/C35H64Cl3NO10Si/c1-6-8-10-12-13-14-15-16-17-19-26(47-28(41)20-18-11-9-7-2)23-29(42)49-32-30(39-34(44)46-25-35(36,37)38)33(45-21-22-50(3,4)5)48-27(24-40)31(32)43/h26-27,30-33,40,43H,6-25H2,1-5H3,(H,39,44)/t26-,27-,30+,31-,32-,33+/m1/s1. The average Bonchev–Trinajstić information content (AvgIpc) is 3.03. The first kappa shape index (κ1) is 47.2. The maximum atomic E-state index is 13.5. The summed E-state index contributed by atoms with van der Waals surface area (Å²) in [4.78, 5) is 39.0. The molecule has 0 aromatic heterocycles. The van der Waals surface area contributed by atoms with Crippen molar-refractivity contribution in [1.82, 2.24) is 5.32 Å². The highest BCUT2D eigenvalue weighted by Crippen LogP contribution is 2.28. The Hall–Kier alpha value is -0.863. The first-order valence-electron chi connectivity index (χ1n) is 18.5. The number of nitrogens with one attached hydrogen (secondary N) is 1. The molecule has 0 saturated carbocycles. The predicted octanol–water partition coefficient (Wildman–Crippen LogP) is 7.99. The van der Waals surface area contributed by atoms with E-state index in [9.17, 15) is 24.6 Å². The fourth-order valence-electron chi connectivity index (χ4n) is 5.52. The van der Waals surface area contributed by atoms with Crippen molar-refractivity contribution in [1.29, 1.82) is 0 Å². The number of esters is 2. The van der Waals surface area contributed by atoms with Crippen LogP contribution in [0.2, 0.25) is 25.7 Å². The largest absolute Gasteiger partial charge is 0.462 e. The van der Waals surface area contributed by atoms with Gasteiger partial charge in [-0.1, -0.05) is 139 Å². The van der Waals surface area contributed by atoms with E-state index < -0.39 is 73.9 Å². The normalized spacial score (nSPS) is 21.8. The maximum absolute atomic E-state index is 13.5. The monoisotopic (exact) mass is 791 g/mol. The number of aliphatic hydroxyl groups is 2. The zero-order valence-electron chi connectivity index (χ0n) is 30.9. The Balaban J connectivity index is 3.06. The predicted molar refractivity (Wildman–Crippen MR) is 199 cm³/mol. The van der Waals surface area contributed by atoms with Crippen molar-refractivity contribution >= 4 is 60.9 Å². The molecule has 6 atom stereocenters. The van der Waals surface area contributed by atoms with Gasteiger partial charge in [-0.05, 0) is 25.3 Å². The second kappa shape index (κ2) is 26.0. The van der Waals surface area contributed by atoms with E-state index in [1.54, 1.807) is 0 Å². The van der Waals surface area contributed by atoms with Crippen molar-refractivity contribution in [2.75, 3.05) is 19.8 Å².